The minimum absolute atomic E-state index is 0.0114. The van der Waals surface area contributed by atoms with E-state index in [1.807, 2.05) is 27.7 Å². The van der Waals surface area contributed by atoms with Crippen LogP contribution < -0.4 is 5.73 Å². The van der Waals surface area contributed by atoms with Gasteiger partial charge in [0, 0.05) is 19.0 Å². The first-order chi connectivity index (χ1) is 8.14. The quantitative estimate of drug-likeness (QED) is 0.791. The fraction of sp³-hybridized carbons (Fsp3) is 0.846. The molecule has 5 nitrogen and oxygen atoms in total. The molecule has 0 aromatic rings. The summed E-state index contributed by atoms with van der Waals surface area (Å²) in [5.41, 5.74) is 5.83. The number of carbonyl (C=O) groups excluding carboxylic acids is 1. The van der Waals surface area contributed by atoms with Crippen LogP contribution in [0.1, 0.15) is 40.5 Å². The molecule has 3 unspecified atom stereocenters. The predicted molar refractivity (Wildman–Crippen MR) is 69.0 cm³/mol. The van der Waals surface area contributed by atoms with Gasteiger partial charge in [0.25, 0.3) is 0 Å². The topological polar surface area (TPSA) is 83.6 Å². The number of carboxylic acids is 1. The first-order valence-electron chi connectivity index (χ1n) is 6.42. The van der Waals surface area contributed by atoms with Crippen molar-refractivity contribution >= 4 is 11.9 Å². The third-order valence-corrected chi connectivity index (χ3v) is 3.78. The number of rotatable bonds is 3. The van der Waals surface area contributed by atoms with Gasteiger partial charge in [0.15, 0.2) is 0 Å². The van der Waals surface area contributed by atoms with Gasteiger partial charge in [0.1, 0.15) is 6.04 Å². The zero-order valence-corrected chi connectivity index (χ0v) is 11.6. The highest BCUT2D eigenvalue weighted by molar-refractivity contribution is 5.84. The lowest BCUT2D eigenvalue weighted by atomic mass is 9.85. The number of likely N-dealkylation sites (tertiary alicyclic amines) is 1. The molecule has 0 aromatic heterocycles. The van der Waals surface area contributed by atoms with E-state index in [2.05, 4.69) is 0 Å². The molecule has 0 saturated carbocycles. The molecule has 3 atom stereocenters. The third kappa shape index (κ3) is 3.22. The molecule has 0 radical (unpaired) electrons. The summed E-state index contributed by atoms with van der Waals surface area (Å²) < 4.78 is 0. The summed E-state index contributed by atoms with van der Waals surface area (Å²) in [5, 5.41) is 9.17. The van der Waals surface area contributed by atoms with Crippen molar-refractivity contribution in [2.75, 3.05) is 6.54 Å². The summed E-state index contributed by atoms with van der Waals surface area (Å²) in [4.78, 5) is 24.8. The van der Waals surface area contributed by atoms with E-state index in [1.165, 1.54) is 4.90 Å². The Hall–Kier alpha value is -1.10. The van der Waals surface area contributed by atoms with Crippen LogP contribution >= 0.6 is 0 Å². The van der Waals surface area contributed by atoms with Crippen molar-refractivity contribution < 1.29 is 14.7 Å². The molecule has 1 fully saturated rings. The second-order valence-electron chi connectivity index (χ2n) is 6.31. The summed E-state index contributed by atoms with van der Waals surface area (Å²) in [6.07, 6.45) is 0.952. The van der Waals surface area contributed by atoms with E-state index in [4.69, 9.17) is 5.73 Å². The van der Waals surface area contributed by atoms with Crippen LogP contribution in [-0.2, 0) is 9.59 Å². The molecule has 18 heavy (non-hydrogen) atoms. The number of amides is 1. The Morgan fingerprint density at radius 1 is 1.44 bits per heavy atom. The van der Waals surface area contributed by atoms with Crippen LogP contribution in [0.2, 0.25) is 0 Å². The number of carbonyl (C=O) groups is 2. The highest BCUT2D eigenvalue weighted by Gasteiger charge is 2.40. The van der Waals surface area contributed by atoms with Crippen LogP contribution in [0.3, 0.4) is 0 Å². The van der Waals surface area contributed by atoms with Crippen molar-refractivity contribution in [3.05, 3.63) is 0 Å². The lowest BCUT2D eigenvalue weighted by molar-refractivity contribution is -0.149. The molecule has 1 rings (SSSR count). The van der Waals surface area contributed by atoms with E-state index in [0.29, 0.717) is 6.54 Å². The fourth-order valence-electron chi connectivity index (χ4n) is 2.21. The number of hydrogen-bond donors (Lipinski definition) is 2. The third-order valence-electron chi connectivity index (χ3n) is 3.78. The summed E-state index contributed by atoms with van der Waals surface area (Å²) in [6.45, 7) is 8.33. The van der Waals surface area contributed by atoms with Crippen molar-refractivity contribution in [2.45, 2.75) is 52.6 Å². The summed E-state index contributed by atoms with van der Waals surface area (Å²) in [6, 6.07) is -0.944. The molecule has 3 N–H and O–H groups in total. The molecule has 0 spiro atoms. The van der Waals surface area contributed by atoms with E-state index < -0.39 is 12.0 Å². The van der Waals surface area contributed by atoms with Gasteiger partial charge in [0.05, 0.1) is 0 Å². The van der Waals surface area contributed by atoms with Crippen molar-refractivity contribution in [2.24, 2.45) is 17.1 Å². The minimum atomic E-state index is -0.919. The van der Waals surface area contributed by atoms with Gasteiger partial charge >= 0.3 is 5.97 Å². The van der Waals surface area contributed by atoms with Gasteiger partial charge in [0.2, 0.25) is 5.91 Å². The Bertz CT molecular complexity index is 336. The molecule has 0 aliphatic carbocycles. The van der Waals surface area contributed by atoms with Crippen LogP contribution in [0.4, 0.5) is 0 Å². The van der Waals surface area contributed by atoms with Gasteiger partial charge in [-0.25, -0.2) is 4.79 Å². The Morgan fingerprint density at radius 2 is 2.00 bits per heavy atom. The zero-order valence-electron chi connectivity index (χ0n) is 11.6. The molecular formula is C13H24N2O3. The number of aliphatic carboxylic acids is 1. The van der Waals surface area contributed by atoms with Crippen LogP contribution in [0.5, 0.6) is 0 Å². The Balaban J connectivity index is 2.70. The van der Waals surface area contributed by atoms with Crippen molar-refractivity contribution in [1.29, 1.82) is 0 Å². The predicted octanol–water partition coefficient (Wildman–Crippen LogP) is 1.07. The van der Waals surface area contributed by atoms with Gasteiger partial charge in [-0.3, -0.25) is 4.79 Å². The first kappa shape index (κ1) is 15.0. The van der Waals surface area contributed by atoms with Crippen LogP contribution in [0.25, 0.3) is 0 Å². The SMILES string of the molecule is CC1CCN(C(=O)CC(N)C(C)(C)C)C1C(=O)O. The lowest BCUT2D eigenvalue weighted by Gasteiger charge is -2.30. The Kier molecular flexibility index (Phi) is 4.37. The van der Waals surface area contributed by atoms with Gasteiger partial charge in [-0.05, 0) is 17.8 Å². The highest BCUT2D eigenvalue weighted by Crippen LogP contribution is 2.27. The van der Waals surface area contributed by atoms with E-state index in [9.17, 15) is 14.7 Å². The number of nitrogens with zero attached hydrogens (tertiary/aromatic N) is 1. The molecule has 1 aliphatic heterocycles. The highest BCUT2D eigenvalue weighted by atomic mass is 16.4. The maximum Gasteiger partial charge on any atom is 0.326 e. The monoisotopic (exact) mass is 256 g/mol. The summed E-state index contributed by atoms with van der Waals surface area (Å²) in [7, 11) is 0. The maximum atomic E-state index is 12.1. The van der Waals surface area contributed by atoms with Crippen molar-refractivity contribution in [3.63, 3.8) is 0 Å². The van der Waals surface area contributed by atoms with Crippen LogP contribution in [0.15, 0.2) is 0 Å². The van der Waals surface area contributed by atoms with Gasteiger partial charge < -0.3 is 15.7 Å². The van der Waals surface area contributed by atoms with Gasteiger partial charge in [-0.15, -0.1) is 0 Å². The van der Waals surface area contributed by atoms with Crippen molar-refractivity contribution in [1.82, 2.24) is 4.90 Å². The molecule has 104 valence electrons. The molecule has 1 amide bonds. The minimum Gasteiger partial charge on any atom is -0.480 e. The van der Waals surface area contributed by atoms with E-state index in [-0.39, 0.29) is 29.7 Å². The second-order valence-corrected chi connectivity index (χ2v) is 6.31. The average Bonchev–Trinajstić information content (AvgIpc) is 2.58. The average molecular weight is 256 g/mol. The number of hydrogen-bond acceptors (Lipinski definition) is 3. The lowest BCUT2D eigenvalue weighted by Crippen LogP contribution is -2.46. The second kappa shape index (κ2) is 5.26. The van der Waals surface area contributed by atoms with Crippen LogP contribution in [0, 0.1) is 11.3 Å². The zero-order chi connectivity index (χ0) is 14.1. The normalized spacial score (nSPS) is 26.2. The molecule has 0 aromatic carbocycles. The van der Waals surface area contributed by atoms with Gasteiger partial charge in [-0.1, -0.05) is 27.7 Å². The Morgan fingerprint density at radius 3 is 2.44 bits per heavy atom. The fourth-order valence-corrected chi connectivity index (χ4v) is 2.21. The van der Waals surface area contributed by atoms with E-state index in [0.717, 1.165) is 6.42 Å². The van der Waals surface area contributed by atoms with Crippen molar-refractivity contribution in [3.8, 4) is 0 Å². The van der Waals surface area contributed by atoms with E-state index in [1.54, 1.807) is 0 Å². The molecule has 5 heteroatoms. The van der Waals surface area contributed by atoms with Crippen LogP contribution in [-0.4, -0.2) is 40.5 Å². The first-order valence-corrected chi connectivity index (χ1v) is 6.42. The number of nitrogens with two attached hydrogens (primary N) is 1. The summed E-state index contributed by atoms with van der Waals surface area (Å²) in [5.74, 6) is -1.05. The van der Waals surface area contributed by atoms with Gasteiger partial charge in [-0.2, -0.15) is 0 Å². The summed E-state index contributed by atoms with van der Waals surface area (Å²) >= 11 is 0. The largest absolute Gasteiger partial charge is 0.480 e. The molecule has 1 heterocycles. The maximum absolute atomic E-state index is 12.1. The standard InChI is InChI=1S/C13H24N2O3/c1-8-5-6-15(11(8)12(17)18)10(16)7-9(14)13(2,3)4/h8-9,11H,5-7,14H2,1-4H3,(H,17,18). The number of carboxylic acid groups (broad SMARTS) is 1. The molecule has 0 bridgehead atoms. The Labute approximate surface area is 108 Å². The molecule has 1 aliphatic rings. The molecule has 1 saturated heterocycles. The van der Waals surface area contributed by atoms with E-state index >= 15 is 0 Å². The molecular weight excluding hydrogens is 232 g/mol. The smallest absolute Gasteiger partial charge is 0.326 e.